The molecule has 1 aromatic carbocycles. The number of amides is 2. The normalized spacial score (nSPS) is 17.1. The molecule has 0 aliphatic carbocycles. The molecule has 3 rings (SSSR count). The summed E-state index contributed by atoms with van der Waals surface area (Å²) in [4.78, 5) is 42.5. The predicted molar refractivity (Wildman–Crippen MR) is 131 cm³/mol. The van der Waals surface area contributed by atoms with Gasteiger partial charge in [-0.25, -0.2) is 9.59 Å². The Kier molecular flexibility index (Phi) is 8.74. The minimum Gasteiger partial charge on any atom is -0.466 e. The molecule has 35 heavy (non-hydrogen) atoms. The summed E-state index contributed by atoms with van der Waals surface area (Å²) in [6.45, 7) is 9.46. The lowest BCUT2D eigenvalue weighted by Gasteiger charge is -2.35. The van der Waals surface area contributed by atoms with Crippen LogP contribution in [0.4, 0.5) is 10.5 Å². The van der Waals surface area contributed by atoms with Crippen molar-refractivity contribution >= 4 is 23.7 Å². The van der Waals surface area contributed by atoms with Gasteiger partial charge in [0.25, 0.3) is 5.91 Å². The number of β-amino-alcohol motifs (C(OH)–C–C–N with tert-alkyl or cyclic N) is 1. The van der Waals surface area contributed by atoms with Crippen molar-refractivity contribution in [1.82, 2.24) is 14.7 Å². The molecule has 0 bridgehead atoms. The second-order valence-corrected chi connectivity index (χ2v) is 9.68. The number of carbonyl (C=O) groups is 3. The summed E-state index contributed by atoms with van der Waals surface area (Å²) in [5, 5.41) is 12.2. The van der Waals surface area contributed by atoms with Crippen LogP contribution in [-0.4, -0.2) is 103 Å². The van der Waals surface area contributed by atoms with Gasteiger partial charge in [-0.3, -0.25) is 9.69 Å². The van der Waals surface area contributed by atoms with E-state index in [2.05, 4.69) is 10.2 Å². The predicted octanol–water partition coefficient (Wildman–Crippen LogP) is 1.46. The van der Waals surface area contributed by atoms with Crippen LogP contribution in [0.1, 0.15) is 26.3 Å². The van der Waals surface area contributed by atoms with Crippen molar-refractivity contribution in [2.75, 3.05) is 64.8 Å². The van der Waals surface area contributed by atoms with Gasteiger partial charge in [-0.15, -0.1) is 0 Å². The molecule has 0 radical (unpaired) electrons. The third-order valence-electron chi connectivity index (χ3n) is 5.92. The van der Waals surface area contributed by atoms with E-state index in [4.69, 9.17) is 9.47 Å². The Hall–Kier alpha value is -3.11. The monoisotopic (exact) mass is 488 g/mol. The highest BCUT2D eigenvalue weighted by atomic mass is 16.6. The van der Waals surface area contributed by atoms with Crippen LogP contribution in [0, 0.1) is 0 Å². The van der Waals surface area contributed by atoms with Crippen molar-refractivity contribution in [3.05, 3.63) is 41.1 Å². The summed E-state index contributed by atoms with van der Waals surface area (Å²) in [5.74, 6) is -0.904. The van der Waals surface area contributed by atoms with Crippen LogP contribution in [0.3, 0.4) is 0 Å². The molecule has 10 heteroatoms. The number of anilines is 1. The van der Waals surface area contributed by atoms with E-state index in [0.717, 1.165) is 31.6 Å². The van der Waals surface area contributed by atoms with Crippen LogP contribution in [0.5, 0.6) is 0 Å². The van der Waals surface area contributed by atoms with Crippen LogP contribution >= 0.6 is 0 Å². The molecule has 2 aliphatic heterocycles. The van der Waals surface area contributed by atoms with Gasteiger partial charge < -0.3 is 29.7 Å². The van der Waals surface area contributed by atoms with E-state index < -0.39 is 11.6 Å². The van der Waals surface area contributed by atoms with Crippen LogP contribution in [0.15, 0.2) is 35.5 Å². The van der Waals surface area contributed by atoms with Gasteiger partial charge in [0.05, 0.1) is 25.8 Å². The van der Waals surface area contributed by atoms with E-state index in [1.165, 1.54) is 12.0 Å². The number of nitrogens with zero attached hydrogens (tertiary/aromatic N) is 3. The fraction of sp³-hybridized carbons (Fsp3) is 0.560. The van der Waals surface area contributed by atoms with Crippen molar-refractivity contribution in [3.63, 3.8) is 0 Å². The van der Waals surface area contributed by atoms with Crippen molar-refractivity contribution < 1.29 is 29.0 Å². The fourth-order valence-corrected chi connectivity index (χ4v) is 4.02. The molecule has 192 valence electrons. The Balaban J connectivity index is 1.51. The first-order valence-electron chi connectivity index (χ1n) is 11.9. The molecule has 1 fully saturated rings. The zero-order valence-corrected chi connectivity index (χ0v) is 21.0. The van der Waals surface area contributed by atoms with E-state index in [-0.39, 0.29) is 43.0 Å². The Bertz CT molecular complexity index is 946. The molecule has 0 saturated carbocycles. The highest BCUT2D eigenvalue weighted by molar-refractivity contribution is 6.08. The largest absolute Gasteiger partial charge is 0.466 e. The lowest BCUT2D eigenvalue weighted by molar-refractivity contribution is -0.136. The standard InChI is InChI=1S/C25H36N4O6/c1-25(2,3)35-24(33)28-13-11-27(12-14-28)10-9-18-5-7-19(8-6-18)26-21-20(23(32)34-4)17-29(15-16-30)22(21)31/h5-8,26,30H,9-17H2,1-4H3. The van der Waals surface area contributed by atoms with Gasteiger partial charge in [-0.1, -0.05) is 12.1 Å². The molecular weight excluding hydrogens is 452 g/mol. The third kappa shape index (κ3) is 7.19. The Morgan fingerprint density at radius 3 is 2.29 bits per heavy atom. The average Bonchev–Trinajstić information content (AvgIpc) is 3.12. The van der Waals surface area contributed by atoms with E-state index in [1.807, 2.05) is 45.0 Å². The molecule has 2 amide bonds. The minimum atomic E-state index is -0.565. The first-order valence-corrected chi connectivity index (χ1v) is 11.9. The molecule has 10 nitrogen and oxygen atoms in total. The minimum absolute atomic E-state index is 0.105. The number of hydrogen-bond donors (Lipinski definition) is 2. The summed E-state index contributed by atoms with van der Waals surface area (Å²) < 4.78 is 10.3. The highest BCUT2D eigenvalue weighted by Gasteiger charge is 2.34. The lowest BCUT2D eigenvalue weighted by atomic mass is 10.1. The first kappa shape index (κ1) is 26.5. The molecule has 0 atom stereocenters. The van der Waals surface area contributed by atoms with Gasteiger partial charge in [0.1, 0.15) is 11.3 Å². The van der Waals surface area contributed by atoms with Gasteiger partial charge in [0, 0.05) is 45.0 Å². The van der Waals surface area contributed by atoms with Crippen LogP contribution in [0.25, 0.3) is 0 Å². The molecule has 0 unspecified atom stereocenters. The quantitative estimate of drug-likeness (QED) is 0.529. The van der Waals surface area contributed by atoms with Crippen molar-refractivity contribution in [3.8, 4) is 0 Å². The summed E-state index contributed by atoms with van der Waals surface area (Å²) >= 11 is 0. The second kappa shape index (κ2) is 11.5. The summed E-state index contributed by atoms with van der Waals surface area (Å²) in [5.41, 5.74) is 1.78. The maximum Gasteiger partial charge on any atom is 0.410 e. The smallest absolute Gasteiger partial charge is 0.410 e. The number of ether oxygens (including phenoxy) is 2. The van der Waals surface area contributed by atoms with Crippen LogP contribution < -0.4 is 5.32 Å². The number of carbonyl (C=O) groups excluding carboxylic acids is 3. The molecular formula is C25H36N4O6. The number of piperazine rings is 1. The zero-order valence-electron chi connectivity index (χ0n) is 21.0. The summed E-state index contributed by atoms with van der Waals surface area (Å²) in [7, 11) is 1.28. The topological polar surface area (TPSA) is 112 Å². The van der Waals surface area contributed by atoms with Crippen molar-refractivity contribution in [2.24, 2.45) is 0 Å². The number of hydrogen-bond acceptors (Lipinski definition) is 8. The molecule has 2 aliphatic rings. The van der Waals surface area contributed by atoms with Crippen molar-refractivity contribution in [2.45, 2.75) is 32.8 Å². The van der Waals surface area contributed by atoms with E-state index in [9.17, 15) is 19.5 Å². The van der Waals surface area contributed by atoms with Gasteiger partial charge in [-0.05, 0) is 44.9 Å². The lowest BCUT2D eigenvalue weighted by Crippen LogP contribution is -2.50. The third-order valence-corrected chi connectivity index (χ3v) is 5.92. The van der Waals surface area contributed by atoms with E-state index in [1.54, 1.807) is 4.90 Å². The van der Waals surface area contributed by atoms with Crippen LogP contribution in [0.2, 0.25) is 0 Å². The van der Waals surface area contributed by atoms with Crippen LogP contribution in [-0.2, 0) is 25.5 Å². The molecule has 2 N–H and O–H groups in total. The van der Waals surface area contributed by atoms with Crippen molar-refractivity contribution in [1.29, 1.82) is 0 Å². The number of aliphatic hydroxyl groups is 1. The Morgan fingerprint density at radius 1 is 1.06 bits per heavy atom. The maximum atomic E-state index is 12.7. The molecule has 1 saturated heterocycles. The second-order valence-electron chi connectivity index (χ2n) is 9.68. The van der Waals surface area contributed by atoms with Gasteiger partial charge in [-0.2, -0.15) is 0 Å². The van der Waals surface area contributed by atoms with Gasteiger partial charge in [0.2, 0.25) is 0 Å². The Morgan fingerprint density at radius 2 is 1.71 bits per heavy atom. The SMILES string of the molecule is COC(=O)C1=C(Nc2ccc(CCN3CCN(C(=O)OC(C)(C)C)CC3)cc2)C(=O)N(CCO)C1. The van der Waals surface area contributed by atoms with E-state index in [0.29, 0.717) is 18.8 Å². The molecule has 1 aromatic rings. The average molecular weight is 489 g/mol. The number of methoxy groups -OCH3 is 1. The number of benzene rings is 1. The zero-order chi connectivity index (χ0) is 25.6. The summed E-state index contributed by atoms with van der Waals surface area (Å²) in [6, 6.07) is 7.73. The van der Waals surface area contributed by atoms with E-state index >= 15 is 0 Å². The number of aliphatic hydroxyl groups excluding tert-OH is 1. The fourth-order valence-electron chi connectivity index (χ4n) is 4.02. The van der Waals surface area contributed by atoms with Gasteiger partial charge in [0.15, 0.2) is 0 Å². The molecule has 0 aromatic heterocycles. The number of esters is 1. The summed E-state index contributed by atoms with van der Waals surface area (Å²) in [6.07, 6.45) is 0.595. The first-order chi connectivity index (χ1) is 16.6. The highest BCUT2D eigenvalue weighted by Crippen LogP contribution is 2.23. The molecule has 2 heterocycles. The number of nitrogens with one attached hydrogen (secondary N) is 1. The Labute approximate surface area is 206 Å². The molecule has 0 spiro atoms. The maximum absolute atomic E-state index is 12.7. The number of rotatable bonds is 8. The van der Waals surface area contributed by atoms with Gasteiger partial charge >= 0.3 is 12.1 Å².